The van der Waals surface area contributed by atoms with Crippen molar-refractivity contribution >= 4 is 11.6 Å². The molecule has 0 spiro atoms. The van der Waals surface area contributed by atoms with Gasteiger partial charge in [-0.2, -0.15) is 0 Å². The Bertz CT molecular complexity index is 427. The molecule has 5 nitrogen and oxygen atoms in total. The van der Waals surface area contributed by atoms with E-state index >= 15 is 0 Å². The van der Waals surface area contributed by atoms with Gasteiger partial charge in [0.2, 0.25) is 5.91 Å². The van der Waals surface area contributed by atoms with Crippen LogP contribution < -0.4 is 16.2 Å². The van der Waals surface area contributed by atoms with E-state index in [0.717, 1.165) is 32.7 Å². The first-order valence-electron chi connectivity index (χ1n) is 6.72. The Labute approximate surface area is 114 Å². The highest BCUT2D eigenvalue weighted by Gasteiger charge is 2.17. The number of nitrogens with zero attached hydrogens (tertiary/aromatic N) is 2. The standard InChI is InChI=1S/C14H22N4O/c1-12-3-2-4-13(11-12)18-9-7-17(8-10-18)6-5-14(19)16-15/h2-4,11H,5-10,15H2,1H3,(H,16,19). The molecule has 1 amide bonds. The van der Waals surface area contributed by atoms with E-state index in [2.05, 4.69) is 46.4 Å². The van der Waals surface area contributed by atoms with Crippen LogP contribution in [0.15, 0.2) is 24.3 Å². The molecule has 1 aliphatic heterocycles. The van der Waals surface area contributed by atoms with Crippen molar-refractivity contribution in [2.45, 2.75) is 13.3 Å². The minimum atomic E-state index is -0.0962. The quantitative estimate of drug-likeness (QED) is 0.471. The van der Waals surface area contributed by atoms with E-state index in [9.17, 15) is 4.79 Å². The van der Waals surface area contributed by atoms with Crippen LogP contribution >= 0.6 is 0 Å². The maximum absolute atomic E-state index is 11.1. The number of hydrazine groups is 1. The van der Waals surface area contributed by atoms with Crippen molar-refractivity contribution in [3.05, 3.63) is 29.8 Å². The second kappa shape index (κ2) is 6.54. The summed E-state index contributed by atoms with van der Waals surface area (Å²) >= 11 is 0. The smallest absolute Gasteiger partial charge is 0.235 e. The number of nitrogens with one attached hydrogen (secondary N) is 1. The summed E-state index contributed by atoms with van der Waals surface area (Å²) < 4.78 is 0. The number of carbonyl (C=O) groups is 1. The topological polar surface area (TPSA) is 61.6 Å². The molecule has 1 fully saturated rings. The zero-order valence-electron chi connectivity index (χ0n) is 11.4. The third-order valence-electron chi connectivity index (χ3n) is 3.56. The van der Waals surface area contributed by atoms with Gasteiger partial charge in [0.15, 0.2) is 0 Å². The third kappa shape index (κ3) is 3.94. The number of hydrogen-bond acceptors (Lipinski definition) is 4. The molecular weight excluding hydrogens is 240 g/mol. The highest BCUT2D eigenvalue weighted by atomic mass is 16.2. The molecule has 0 aromatic heterocycles. The summed E-state index contributed by atoms with van der Waals surface area (Å²) in [4.78, 5) is 15.8. The van der Waals surface area contributed by atoms with E-state index < -0.39 is 0 Å². The first-order chi connectivity index (χ1) is 9.19. The molecule has 0 saturated carbocycles. The predicted octanol–water partition coefficient (Wildman–Crippen LogP) is 0.497. The first kappa shape index (κ1) is 13.8. The summed E-state index contributed by atoms with van der Waals surface area (Å²) in [5, 5.41) is 0. The molecule has 1 aliphatic rings. The molecule has 0 aliphatic carbocycles. The molecular formula is C14H22N4O. The van der Waals surface area contributed by atoms with Crippen molar-refractivity contribution in [1.29, 1.82) is 0 Å². The van der Waals surface area contributed by atoms with Gasteiger partial charge in [0.05, 0.1) is 0 Å². The Hall–Kier alpha value is -1.59. The first-order valence-corrected chi connectivity index (χ1v) is 6.72. The average Bonchev–Trinajstić information content (AvgIpc) is 2.45. The highest BCUT2D eigenvalue weighted by molar-refractivity contribution is 5.75. The van der Waals surface area contributed by atoms with Gasteiger partial charge in [0.1, 0.15) is 0 Å². The number of piperazine rings is 1. The average molecular weight is 262 g/mol. The molecule has 0 unspecified atom stereocenters. The van der Waals surface area contributed by atoms with E-state index in [4.69, 9.17) is 5.84 Å². The number of benzene rings is 1. The van der Waals surface area contributed by atoms with Crippen LogP contribution in [0.5, 0.6) is 0 Å². The zero-order chi connectivity index (χ0) is 13.7. The largest absolute Gasteiger partial charge is 0.369 e. The van der Waals surface area contributed by atoms with Gasteiger partial charge in [0, 0.05) is 44.8 Å². The van der Waals surface area contributed by atoms with Crippen molar-refractivity contribution in [1.82, 2.24) is 10.3 Å². The van der Waals surface area contributed by atoms with Gasteiger partial charge < -0.3 is 4.90 Å². The molecule has 3 N–H and O–H groups in total. The maximum Gasteiger partial charge on any atom is 0.235 e. The lowest BCUT2D eigenvalue weighted by Gasteiger charge is -2.36. The lowest BCUT2D eigenvalue weighted by atomic mass is 10.2. The third-order valence-corrected chi connectivity index (χ3v) is 3.56. The van der Waals surface area contributed by atoms with Crippen LogP contribution in [0.3, 0.4) is 0 Å². The Balaban J connectivity index is 1.81. The van der Waals surface area contributed by atoms with Gasteiger partial charge in [-0.05, 0) is 24.6 Å². The van der Waals surface area contributed by atoms with E-state index in [1.54, 1.807) is 0 Å². The summed E-state index contributed by atoms with van der Waals surface area (Å²) in [6.45, 7) is 6.90. The number of amides is 1. The van der Waals surface area contributed by atoms with Gasteiger partial charge in [-0.3, -0.25) is 15.1 Å². The van der Waals surface area contributed by atoms with E-state index in [1.807, 2.05) is 0 Å². The molecule has 0 atom stereocenters. The Morgan fingerprint density at radius 3 is 2.68 bits per heavy atom. The number of nitrogens with two attached hydrogens (primary N) is 1. The Morgan fingerprint density at radius 2 is 2.05 bits per heavy atom. The lowest BCUT2D eigenvalue weighted by molar-refractivity contribution is -0.121. The number of aryl methyl sites for hydroxylation is 1. The Morgan fingerprint density at radius 1 is 1.32 bits per heavy atom. The van der Waals surface area contributed by atoms with Crippen molar-refractivity contribution in [2.75, 3.05) is 37.6 Å². The second-order valence-corrected chi connectivity index (χ2v) is 4.99. The van der Waals surface area contributed by atoms with E-state index in [0.29, 0.717) is 6.42 Å². The van der Waals surface area contributed by atoms with E-state index in [1.165, 1.54) is 11.3 Å². The molecule has 19 heavy (non-hydrogen) atoms. The lowest BCUT2D eigenvalue weighted by Crippen LogP contribution is -2.47. The molecule has 2 rings (SSSR count). The minimum Gasteiger partial charge on any atom is -0.369 e. The molecule has 0 bridgehead atoms. The predicted molar refractivity (Wildman–Crippen MR) is 76.8 cm³/mol. The molecule has 1 saturated heterocycles. The number of anilines is 1. The summed E-state index contributed by atoms with van der Waals surface area (Å²) in [6, 6.07) is 8.59. The van der Waals surface area contributed by atoms with Gasteiger partial charge in [0.25, 0.3) is 0 Å². The van der Waals surface area contributed by atoms with Crippen LogP contribution in [-0.4, -0.2) is 43.5 Å². The zero-order valence-corrected chi connectivity index (χ0v) is 11.4. The number of carbonyl (C=O) groups excluding carboxylic acids is 1. The summed E-state index contributed by atoms with van der Waals surface area (Å²) in [7, 11) is 0. The molecule has 104 valence electrons. The highest BCUT2D eigenvalue weighted by Crippen LogP contribution is 2.17. The second-order valence-electron chi connectivity index (χ2n) is 4.99. The van der Waals surface area contributed by atoms with E-state index in [-0.39, 0.29) is 5.91 Å². The molecule has 1 heterocycles. The van der Waals surface area contributed by atoms with Crippen molar-refractivity contribution in [2.24, 2.45) is 5.84 Å². The fraction of sp³-hybridized carbons (Fsp3) is 0.500. The van der Waals surface area contributed by atoms with Crippen LogP contribution in [0, 0.1) is 6.92 Å². The van der Waals surface area contributed by atoms with Crippen molar-refractivity contribution in [3.8, 4) is 0 Å². The summed E-state index contributed by atoms with van der Waals surface area (Å²) in [5.74, 6) is 4.98. The SMILES string of the molecule is Cc1cccc(N2CCN(CCC(=O)NN)CC2)c1. The van der Waals surface area contributed by atoms with Crippen LogP contribution in [0.4, 0.5) is 5.69 Å². The molecule has 1 aromatic carbocycles. The van der Waals surface area contributed by atoms with Crippen LogP contribution in [0.2, 0.25) is 0 Å². The van der Waals surface area contributed by atoms with Gasteiger partial charge in [-0.1, -0.05) is 12.1 Å². The van der Waals surface area contributed by atoms with Gasteiger partial charge in [-0.25, -0.2) is 5.84 Å². The Kier molecular flexibility index (Phi) is 4.76. The molecule has 0 radical (unpaired) electrons. The fourth-order valence-corrected chi connectivity index (χ4v) is 2.39. The maximum atomic E-state index is 11.1. The normalized spacial score (nSPS) is 16.4. The molecule has 5 heteroatoms. The van der Waals surface area contributed by atoms with Gasteiger partial charge in [-0.15, -0.1) is 0 Å². The minimum absolute atomic E-state index is 0.0962. The van der Waals surface area contributed by atoms with Crippen LogP contribution in [0.1, 0.15) is 12.0 Å². The summed E-state index contributed by atoms with van der Waals surface area (Å²) in [5.41, 5.74) is 4.75. The molecule has 1 aromatic rings. The number of hydrogen-bond donors (Lipinski definition) is 2. The fourth-order valence-electron chi connectivity index (χ4n) is 2.39. The van der Waals surface area contributed by atoms with Gasteiger partial charge >= 0.3 is 0 Å². The summed E-state index contributed by atoms with van der Waals surface area (Å²) in [6.07, 6.45) is 0.473. The van der Waals surface area contributed by atoms with Crippen LogP contribution in [-0.2, 0) is 4.79 Å². The van der Waals surface area contributed by atoms with Crippen molar-refractivity contribution in [3.63, 3.8) is 0 Å². The monoisotopic (exact) mass is 262 g/mol. The number of rotatable bonds is 4. The van der Waals surface area contributed by atoms with Crippen LogP contribution in [0.25, 0.3) is 0 Å². The van der Waals surface area contributed by atoms with Crippen molar-refractivity contribution < 1.29 is 4.79 Å².